The van der Waals surface area contributed by atoms with Crippen LogP contribution in [0, 0.1) is 0 Å². The van der Waals surface area contributed by atoms with Crippen LogP contribution in [0.1, 0.15) is 46.7 Å². The van der Waals surface area contributed by atoms with Gasteiger partial charge in [-0.05, 0) is 80.7 Å². The van der Waals surface area contributed by atoms with Crippen molar-refractivity contribution in [1.29, 1.82) is 0 Å². The molecule has 6 heteroatoms. The lowest BCUT2D eigenvalue weighted by atomic mass is 9.89. The smallest absolute Gasteiger partial charge is 0.305 e. The average molecular weight is 417 g/mol. The lowest BCUT2D eigenvalue weighted by Gasteiger charge is -2.29. The summed E-state index contributed by atoms with van der Waals surface area (Å²) in [5.74, 6) is 0.254. The SMILES string of the molecule is COC(=O)CCc1ccc(NC(=O)c2ccc(C3CCN(C)CC3)cc2)cc1.Cl. The van der Waals surface area contributed by atoms with Crippen LogP contribution in [0.25, 0.3) is 0 Å². The van der Waals surface area contributed by atoms with E-state index >= 15 is 0 Å². The van der Waals surface area contributed by atoms with E-state index in [2.05, 4.69) is 34.1 Å². The number of hydrogen-bond donors (Lipinski definition) is 1. The zero-order valence-electron chi connectivity index (χ0n) is 17.0. The van der Waals surface area contributed by atoms with Gasteiger partial charge >= 0.3 is 5.97 Å². The van der Waals surface area contributed by atoms with E-state index in [0.717, 1.165) is 24.3 Å². The first-order chi connectivity index (χ1) is 13.5. The number of esters is 1. The molecule has 1 fully saturated rings. The highest BCUT2D eigenvalue weighted by molar-refractivity contribution is 6.04. The second kappa shape index (κ2) is 11.0. The van der Waals surface area contributed by atoms with Gasteiger partial charge in [0.25, 0.3) is 5.91 Å². The first-order valence-electron chi connectivity index (χ1n) is 9.81. The van der Waals surface area contributed by atoms with Crippen molar-refractivity contribution in [3.63, 3.8) is 0 Å². The Morgan fingerprint density at radius 2 is 1.66 bits per heavy atom. The largest absolute Gasteiger partial charge is 0.469 e. The van der Waals surface area contributed by atoms with E-state index in [4.69, 9.17) is 0 Å². The normalized spacial score (nSPS) is 14.7. The van der Waals surface area contributed by atoms with E-state index in [1.165, 1.54) is 25.5 Å². The fourth-order valence-electron chi connectivity index (χ4n) is 3.56. The lowest BCUT2D eigenvalue weighted by Crippen LogP contribution is -2.29. The molecule has 5 nitrogen and oxygen atoms in total. The highest BCUT2D eigenvalue weighted by atomic mass is 35.5. The molecule has 0 unspecified atom stereocenters. The average Bonchev–Trinajstić information content (AvgIpc) is 2.73. The molecule has 3 rings (SSSR count). The molecule has 29 heavy (non-hydrogen) atoms. The van der Waals surface area contributed by atoms with E-state index in [9.17, 15) is 9.59 Å². The van der Waals surface area contributed by atoms with Gasteiger partial charge in [-0.3, -0.25) is 9.59 Å². The van der Waals surface area contributed by atoms with E-state index in [1.54, 1.807) is 0 Å². The van der Waals surface area contributed by atoms with Crippen molar-refractivity contribution >= 4 is 30.0 Å². The molecule has 0 aromatic heterocycles. The van der Waals surface area contributed by atoms with Crippen molar-refractivity contribution in [2.24, 2.45) is 0 Å². The third-order valence-corrected chi connectivity index (χ3v) is 5.42. The Hall–Kier alpha value is -2.37. The number of nitrogens with one attached hydrogen (secondary N) is 1. The molecule has 1 saturated heterocycles. The summed E-state index contributed by atoms with van der Waals surface area (Å²) in [6.45, 7) is 2.26. The molecule has 1 aliphatic heterocycles. The Morgan fingerprint density at radius 1 is 1.03 bits per heavy atom. The number of anilines is 1. The Bertz CT molecular complexity index is 798. The number of methoxy groups -OCH3 is 1. The number of carbonyl (C=O) groups is 2. The summed E-state index contributed by atoms with van der Waals surface area (Å²) in [7, 11) is 3.55. The molecule has 1 aliphatic rings. The summed E-state index contributed by atoms with van der Waals surface area (Å²) < 4.78 is 4.65. The minimum atomic E-state index is -0.221. The van der Waals surface area contributed by atoms with Crippen molar-refractivity contribution in [1.82, 2.24) is 4.90 Å². The van der Waals surface area contributed by atoms with Crippen LogP contribution in [0.2, 0.25) is 0 Å². The number of carbonyl (C=O) groups excluding carboxylic acids is 2. The fraction of sp³-hybridized carbons (Fsp3) is 0.391. The van der Waals surface area contributed by atoms with Gasteiger partial charge in [0.05, 0.1) is 7.11 Å². The van der Waals surface area contributed by atoms with Gasteiger partial charge in [0, 0.05) is 17.7 Å². The zero-order chi connectivity index (χ0) is 19.9. The molecule has 0 spiro atoms. The lowest BCUT2D eigenvalue weighted by molar-refractivity contribution is -0.140. The molecular formula is C23H29ClN2O3. The predicted octanol–water partition coefficient (Wildman–Crippen LogP) is 4.28. The molecule has 1 N–H and O–H groups in total. The van der Waals surface area contributed by atoms with E-state index in [1.807, 2.05) is 36.4 Å². The van der Waals surface area contributed by atoms with Gasteiger partial charge in [0.15, 0.2) is 0 Å². The summed E-state index contributed by atoms with van der Waals surface area (Å²) in [6.07, 6.45) is 3.32. The third kappa shape index (κ3) is 6.58. The van der Waals surface area contributed by atoms with E-state index in [-0.39, 0.29) is 24.3 Å². The summed E-state index contributed by atoms with van der Waals surface area (Å²) in [5, 5.41) is 2.93. The van der Waals surface area contributed by atoms with Crippen LogP contribution in [0.5, 0.6) is 0 Å². The van der Waals surface area contributed by atoms with Crippen molar-refractivity contribution in [2.75, 3.05) is 32.6 Å². The Balaban J connectivity index is 0.00000300. The Kier molecular flexibility index (Phi) is 8.68. The maximum atomic E-state index is 12.5. The molecule has 1 heterocycles. The monoisotopic (exact) mass is 416 g/mol. The van der Waals surface area contributed by atoms with Crippen LogP contribution in [0.4, 0.5) is 5.69 Å². The van der Waals surface area contributed by atoms with Crippen LogP contribution in [0.3, 0.4) is 0 Å². The van der Waals surface area contributed by atoms with Gasteiger partial charge in [0.1, 0.15) is 0 Å². The van der Waals surface area contributed by atoms with Gasteiger partial charge in [0.2, 0.25) is 0 Å². The first kappa shape index (κ1) is 22.9. The topological polar surface area (TPSA) is 58.6 Å². The minimum absolute atomic E-state index is 0. The molecule has 0 saturated carbocycles. The minimum Gasteiger partial charge on any atom is -0.469 e. The molecule has 0 atom stereocenters. The summed E-state index contributed by atoms with van der Waals surface area (Å²) >= 11 is 0. The molecule has 2 aromatic carbocycles. The number of rotatable bonds is 6. The number of aryl methyl sites for hydroxylation is 1. The second-order valence-electron chi connectivity index (χ2n) is 7.43. The quantitative estimate of drug-likeness (QED) is 0.714. The van der Waals surface area contributed by atoms with Crippen molar-refractivity contribution in [3.05, 3.63) is 65.2 Å². The van der Waals surface area contributed by atoms with Crippen molar-refractivity contribution in [2.45, 2.75) is 31.6 Å². The molecular weight excluding hydrogens is 388 g/mol. The Labute approximate surface area is 178 Å². The van der Waals surface area contributed by atoms with Gasteiger partial charge in [-0.25, -0.2) is 0 Å². The number of ether oxygens (including phenoxy) is 1. The van der Waals surface area contributed by atoms with Gasteiger partial charge < -0.3 is 15.0 Å². The highest BCUT2D eigenvalue weighted by Crippen LogP contribution is 2.27. The van der Waals surface area contributed by atoms with Crippen LogP contribution in [-0.4, -0.2) is 44.0 Å². The van der Waals surface area contributed by atoms with Crippen LogP contribution < -0.4 is 5.32 Å². The number of likely N-dealkylation sites (tertiary alicyclic amines) is 1. The number of halogens is 1. The standard InChI is InChI=1S/C23H28N2O3.ClH/c1-25-15-13-19(14-16-25)18-6-8-20(9-7-18)23(27)24-21-10-3-17(4-11-21)5-12-22(26)28-2;/h3-4,6-11,19H,5,12-16H2,1-2H3,(H,24,27);1H. The second-order valence-corrected chi connectivity index (χ2v) is 7.43. The number of amides is 1. The number of piperidine rings is 1. The predicted molar refractivity (Wildman–Crippen MR) is 118 cm³/mol. The van der Waals surface area contributed by atoms with E-state index in [0.29, 0.717) is 24.3 Å². The maximum absolute atomic E-state index is 12.5. The van der Waals surface area contributed by atoms with Crippen molar-refractivity contribution in [3.8, 4) is 0 Å². The van der Waals surface area contributed by atoms with E-state index < -0.39 is 0 Å². The molecule has 1 amide bonds. The number of nitrogens with zero attached hydrogens (tertiary/aromatic N) is 1. The van der Waals surface area contributed by atoms with Gasteiger partial charge in [-0.1, -0.05) is 24.3 Å². The number of hydrogen-bond acceptors (Lipinski definition) is 4. The summed E-state index contributed by atoms with van der Waals surface area (Å²) in [5.41, 5.74) is 3.75. The van der Waals surface area contributed by atoms with Gasteiger partial charge in [-0.15, -0.1) is 12.4 Å². The molecule has 0 radical (unpaired) electrons. The molecule has 0 bridgehead atoms. The maximum Gasteiger partial charge on any atom is 0.305 e. The van der Waals surface area contributed by atoms with Crippen LogP contribution >= 0.6 is 12.4 Å². The molecule has 2 aromatic rings. The fourth-order valence-corrected chi connectivity index (χ4v) is 3.56. The summed E-state index contributed by atoms with van der Waals surface area (Å²) in [4.78, 5) is 26.1. The summed E-state index contributed by atoms with van der Waals surface area (Å²) in [6, 6.07) is 15.5. The Morgan fingerprint density at radius 3 is 2.24 bits per heavy atom. The first-order valence-corrected chi connectivity index (χ1v) is 9.81. The highest BCUT2D eigenvalue weighted by Gasteiger charge is 2.18. The van der Waals surface area contributed by atoms with Crippen molar-refractivity contribution < 1.29 is 14.3 Å². The number of benzene rings is 2. The molecule has 0 aliphatic carbocycles. The third-order valence-electron chi connectivity index (χ3n) is 5.42. The van der Waals surface area contributed by atoms with Gasteiger partial charge in [-0.2, -0.15) is 0 Å². The molecule has 156 valence electrons. The van der Waals surface area contributed by atoms with Crippen LogP contribution in [-0.2, 0) is 16.0 Å². The van der Waals surface area contributed by atoms with Crippen LogP contribution in [0.15, 0.2) is 48.5 Å². The zero-order valence-corrected chi connectivity index (χ0v) is 17.8.